The van der Waals surface area contributed by atoms with Gasteiger partial charge in [-0.3, -0.25) is 0 Å². The summed E-state index contributed by atoms with van der Waals surface area (Å²) in [6, 6.07) is 1.86. The molecule has 2 nitrogen and oxygen atoms in total. The van der Waals surface area contributed by atoms with E-state index in [1.54, 1.807) is 0 Å². The number of anilines is 1. The van der Waals surface area contributed by atoms with Crippen LogP contribution in [0.2, 0.25) is 0 Å². The van der Waals surface area contributed by atoms with E-state index in [0.29, 0.717) is 0 Å². The van der Waals surface area contributed by atoms with Crippen molar-refractivity contribution in [3.8, 4) is 0 Å². The lowest BCUT2D eigenvalue weighted by molar-refractivity contribution is -0.134. The van der Waals surface area contributed by atoms with Gasteiger partial charge in [-0.15, -0.1) is 0 Å². The summed E-state index contributed by atoms with van der Waals surface area (Å²) in [4.78, 5) is -0.165. The fourth-order valence-electron chi connectivity index (χ4n) is 1.39. The Morgan fingerprint density at radius 1 is 1.21 bits per heavy atom. The van der Waals surface area contributed by atoms with Crippen LogP contribution >= 0.6 is 12.2 Å². The maximum atomic E-state index is 13.5. The third kappa shape index (κ3) is 4.98. The maximum Gasteiger partial charge on any atom is 0.389 e. The summed E-state index contributed by atoms with van der Waals surface area (Å²) in [7, 11) is 0. The van der Waals surface area contributed by atoms with Crippen LogP contribution in [0.15, 0.2) is 12.1 Å². The highest BCUT2D eigenvalue weighted by molar-refractivity contribution is 7.80. The molecule has 0 aliphatic rings. The van der Waals surface area contributed by atoms with Crippen LogP contribution in [0.3, 0.4) is 0 Å². The Labute approximate surface area is 111 Å². The number of benzene rings is 1. The van der Waals surface area contributed by atoms with E-state index in [2.05, 4.69) is 17.5 Å². The molecule has 1 aromatic rings. The topological polar surface area (TPSA) is 38.0 Å². The Morgan fingerprint density at radius 3 is 2.16 bits per heavy atom. The van der Waals surface area contributed by atoms with Gasteiger partial charge in [0.05, 0.1) is 0 Å². The Morgan fingerprint density at radius 2 is 1.74 bits per heavy atom. The van der Waals surface area contributed by atoms with Crippen LogP contribution in [0.1, 0.15) is 18.4 Å². The molecule has 0 bridgehead atoms. The van der Waals surface area contributed by atoms with Crippen LogP contribution in [0, 0.1) is 11.6 Å². The number of nitrogens with one attached hydrogen (secondary N) is 1. The molecule has 8 heteroatoms. The Bertz CT molecular complexity index is 450. The fourth-order valence-corrected chi connectivity index (χ4v) is 1.50. The lowest BCUT2D eigenvalue weighted by Crippen LogP contribution is -2.14. The minimum atomic E-state index is -4.28. The van der Waals surface area contributed by atoms with Gasteiger partial charge in [0, 0.05) is 18.5 Å². The second-order valence-electron chi connectivity index (χ2n) is 3.82. The summed E-state index contributed by atoms with van der Waals surface area (Å²) < 4.78 is 62.6. The first-order chi connectivity index (χ1) is 8.70. The number of halogens is 5. The molecule has 0 aliphatic carbocycles. The van der Waals surface area contributed by atoms with Crippen LogP contribution in [0.4, 0.5) is 27.6 Å². The van der Waals surface area contributed by atoms with E-state index in [1.807, 2.05) is 0 Å². The minimum Gasteiger partial charge on any atom is -0.389 e. The summed E-state index contributed by atoms with van der Waals surface area (Å²) in [5.41, 5.74) is 4.76. The molecule has 0 radical (unpaired) electrons. The molecule has 0 saturated carbocycles. The summed E-state index contributed by atoms with van der Waals surface area (Å²) >= 11 is 4.57. The molecule has 0 amide bonds. The average Bonchev–Trinajstić information content (AvgIpc) is 2.25. The van der Waals surface area contributed by atoms with Gasteiger partial charge < -0.3 is 11.1 Å². The van der Waals surface area contributed by atoms with E-state index >= 15 is 0 Å². The van der Waals surface area contributed by atoms with E-state index in [1.165, 1.54) is 0 Å². The SMILES string of the molecule is NC(=S)c1cc(F)c(NCCCC(F)(F)F)c(F)c1. The fraction of sp³-hybridized carbons (Fsp3) is 0.364. The van der Waals surface area contributed by atoms with Crippen LogP contribution in [-0.2, 0) is 0 Å². The van der Waals surface area contributed by atoms with E-state index in [-0.39, 0.29) is 23.5 Å². The van der Waals surface area contributed by atoms with Gasteiger partial charge in [0.1, 0.15) is 22.3 Å². The van der Waals surface area contributed by atoms with Gasteiger partial charge in [0.2, 0.25) is 0 Å². The van der Waals surface area contributed by atoms with Gasteiger partial charge in [-0.05, 0) is 18.6 Å². The molecule has 0 atom stereocenters. The molecule has 106 valence electrons. The number of hydrogen-bond acceptors (Lipinski definition) is 2. The van der Waals surface area contributed by atoms with Crippen molar-refractivity contribution in [3.63, 3.8) is 0 Å². The molecule has 3 N–H and O–H groups in total. The standard InChI is InChI=1S/C11H11F5N2S/c12-7-4-6(10(17)19)5-8(13)9(7)18-3-1-2-11(14,15)16/h4-5,18H,1-3H2,(H2,17,19). The largest absolute Gasteiger partial charge is 0.389 e. The highest BCUT2D eigenvalue weighted by Gasteiger charge is 2.26. The third-order valence-corrected chi connectivity index (χ3v) is 2.50. The van der Waals surface area contributed by atoms with E-state index in [4.69, 9.17) is 5.73 Å². The molecule has 0 heterocycles. The number of thiocarbonyl (C=S) groups is 1. The van der Waals surface area contributed by atoms with Gasteiger partial charge >= 0.3 is 6.18 Å². The normalized spacial score (nSPS) is 11.4. The summed E-state index contributed by atoms with van der Waals surface area (Å²) in [5.74, 6) is -1.90. The number of rotatable bonds is 5. The average molecular weight is 298 g/mol. The molecule has 0 spiro atoms. The summed E-state index contributed by atoms with van der Waals surface area (Å²) in [6.07, 6.45) is -5.58. The van der Waals surface area contributed by atoms with Crippen molar-refractivity contribution in [1.29, 1.82) is 0 Å². The van der Waals surface area contributed by atoms with Crippen molar-refractivity contribution in [3.05, 3.63) is 29.3 Å². The van der Waals surface area contributed by atoms with Crippen molar-refractivity contribution in [2.45, 2.75) is 19.0 Å². The molecule has 19 heavy (non-hydrogen) atoms. The highest BCUT2D eigenvalue weighted by atomic mass is 32.1. The molecule has 0 aliphatic heterocycles. The molecular formula is C11H11F5N2S. The Hall–Kier alpha value is -1.44. The Kier molecular flexibility index (Phi) is 5.04. The first-order valence-corrected chi connectivity index (χ1v) is 5.71. The van der Waals surface area contributed by atoms with E-state index in [0.717, 1.165) is 12.1 Å². The lowest BCUT2D eigenvalue weighted by atomic mass is 10.2. The predicted molar refractivity (Wildman–Crippen MR) is 66.0 cm³/mol. The number of alkyl halides is 3. The van der Waals surface area contributed by atoms with Gasteiger partial charge in [-0.2, -0.15) is 13.2 Å². The van der Waals surface area contributed by atoms with Gasteiger partial charge in [-0.1, -0.05) is 12.2 Å². The molecule has 0 unspecified atom stereocenters. The monoisotopic (exact) mass is 298 g/mol. The first-order valence-electron chi connectivity index (χ1n) is 5.30. The van der Waals surface area contributed by atoms with Gasteiger partial charge in [-0.25, -0.2) is 8.78 Å². The number of nitrogens with two attached hydrogens (primary N) is 1. The van der Waals surface area contributed by atoms with Crippen molar-refractivity contribution < 1.29 is 22.0 Å². The number of hydrogen-bond donors (Lipinski definition) is 2. The maximum absolute atomic E-state index is 13.5. The first kappa shape index (κ1) is 15.6. The molecule has 0 fully saturated rings. The zero-order valence-corrected chi connectivity index (χ0v) is 10.5. The van der Waals surface area contributed by atoms with E-state index < -0.39 is 29.9 Å². The minimum absolute atomic E-state index is 0.0193. The summed E-state index contributed by atoms with van der Waals surface area (Å²) in [6.45, 7) is -0.195. The second-order valence-corrected chi connectivity index (χ2v) is 4.26. The van der Waals surface area contributed by atoms with Crippen molar-refractivity contribution >= 4 is 22.9 Å². The summed E-state index contributed by atoms with van der Waals surface area (Å²) in [5, 5.41) is 2.29. The molecule has 1 rings (SSSR count). The zero-order valence-electron chi connectivity index (χ0n) is 9.65. The van der Waals surface area contributed by atoms with Gasteiger partial charge in [0.25, 0.3) is 0 Å². The quantitative estimate of drug-likeness (QED) is 0.497. The van der Waals surface area contributed by atoms with Crippen molar-refractivity contribution in [2.75, 3.05) is 11.9 Å². The van der Waals surface area contributed by atoms with Gasteiger partial charge in [0.15, 0.2) is 0 Å². The van der Waals surface area contributed by atoms with Crippen LogP contribution < -0.4 is 11.1 Å². The molecular weight excluding hydrogens is 287 g/mol. The second kappa shape index (κ2) is 6.14. The van der Waals surface area contributed by atoms with Crippen LogP contribution in [-0.4, -0.2) is 17.7 Å². The van der Waals surface area contributed by atoms with Crippen LogP contribution in [0.25, 0.3) is 0 Å². The molecule has 0 saturated heterocycles. The highest BCUT2D eigenvalue weighted by Crippen LogP contribution is 2.23. The molecule has 1 aromatic carbocycles. The van der Waals surface area contributed by atoms with E-state index in [9.17, 15) is 22.0 Å². The zero-order chi connectivity index (χ0) is 14.6. The smallest absolute Gasteiger partial charge is 0.389 e. The van der Waals surface area contributed by atoms with Crippen LogP contribution in [0.5, 0.6) is 0 Å². The lowest BCUT2D eigenvalue weighted by Gasteiger charge is -2.11. The Balaban J connectivity index is 2.67. The van der Waals surface area contributed by atoms with Crippen molar-refractivity contribution in [2.24, 2.45) is 5.73 Å². The molecule has 0 aromatic heterocycles. The predicted octanol–water partition coefficient (Wildman–Crippen LogP) is 3.35. The third-order valence-electron chi connectivity index (χ3n) is 2.27. The van der Waals surface area contributed by atoms with Crippen molar-refractivity contribution in [1.82, 2.24) is 0 Å².